The van der Waals surface area contributed by atoms with Crippen molar-refractivity contribution in [2.24, 2.45) is 0 Å². The summed E-state index contributed by atoms with van der Waals surface area (Å²) in [4.78, 5) is 24.8. The molecule has 0 heterocycles. The van der Waals surface area contributed by atoms with Gasteiger partial charge in [0.25, 0.3) is 11.8 Å². The molecule has 0 aliphatic rings. The third-order valence-electron chi connectivity index (χ3n) is 4.75. The first-order valence-electron chi connectivity index (χ1n) is 9.84. The van der Waals surface area contributed by atoms with E-state index in [0.717, 1.165) is 28.1 Å². The second kappa shape index (κ2) is 9.27. The summed E-state index contributed by atoms with van der Waals surface area (Å²) in [6.45, 7) is 7.65. The highest BCUT2D eigenvalue weighted by Crippen LogP contribution is 2.19. The maximum atomic E-state index is 12.5. The fourth-order valence-corrected chi connectivity index (χ4v) is 2.97. The van der Waals surface area contributed by atoms with Crippen LogP contribution in [0.4, 0.5) is 11.4 Å². The molecule has 0 radical (unpaired) electrons. The van der Waals surface area contributed by atoms with E-state index in [9.17, 15) is 9.59 Å². The maximum Gasteiger partial charge on any atom is 0.265 e. The van der Waals surface area contributed by atoms with Gasteiger partial charge in [-0.3, -0.25) is 9.59 Å². The Morgan fingerprint density at radius 3 is 2.07 bits per heavy atom. The van der Waals surface area contributed by atoms with Gasteiger partial charge in [-0.05, 0) is 75.7 Å². The minimum atomic E-state index is -0.679. The van der Waals surface area contributed by atoms with Crippen LogP contribution < -0.4 is 15.4 Å². The van der Waals surface area contributed by atoms with E-state index >= 15 is 0 Å². The molecule has 0 fully saturated rings. The Balaban J connectivity index is 1.58. The van der Waals surface area contributed by atoms with E-state index in [2.05, 4.69) is 10.6 Å². The lowest BCUT2D eigenvalue weighted by atomic mass is 10.1. The molecule has 0 aliphatic carbocycles. The Morgan fingerprint density at radius 2 is 1.43 bits per heavy atom. The molecule has 3 rings (SSSR count). The van der Waals surface area contributed by atoms with Crippen molar-refractivity contribution >= 4 is 23.2 Å². The zero-order valence-corrected chi connectivity index (χ0v) is 17.7. The molecule has 0 aliphatic heterocycles. The van der Waals surface area contributed by atoms with Gasteiger partial charge in [-0.15, -0.1) is 0 Å². The van der Waals surface area contributed by atoms with Gasteiger partial charge in [-0.1, -0.05) is 35.4 Å². The third-order valence-corrected chi connectivity index (χ3v) is 4.75. The summed E-state index contributed by atoms with van der Waals surface area (Å²) in [6, 6.07) is 20.2. The maximum absolute atomic E-state index is 12.5. The second-order valence-corrected chi connectivity index (χ2v) is 7.41. The van der Waals surface area contributed by atoms with E-state index in [1.54, 1.807) is 31.2 Å². The number of benzene rings is 3. The van der Waals surface area contributed by atoms with E-state index in [1.807, 2.05) is 63.2 Å². The number of rotatable bonds is 6. The summed E-state index contributed by atoms with van der Waals surface area (Å²) in [5.74, 6) is 0.0822. The largest absolute Gasteiger partial charge is 0.481 e. The van der Waals surface area contributed by atoms with Crippen LogP contribution in [0.25, 0.3) is 0 Å². The Bertz CT molecular complexity index is 1040. The first kappa shape index (κ1) is 21.1. The lowest BCUT2D eigenvalue weighted by Crippen LogP contribution is -2.30. The molecule has 2 amide bonds. The predicted molar refractivity (Wildman–Crippen MR) is 120 cm³/mol. The molecule has 30 heavy (non-hydrogen) atoms. The number of anilines is 2. The molecule has 0 spiro atoms. The van der Waals surface area contributed by atoms with E-state index in [1.165, 1.54) is 0 Å². The Kier molecular flexibility index (Phi) is 6.52. The summed E-state index contributed by atoms with van der Waals surface area (Å²) in [5, 5.41) is 5.75. The summed E-state index contributed by atoms with van der Waals surface area (Å²) < 4.78 is 5.71. The SMILES string of the molecule is Cc1ccc(NC(=O)[C@@H](C)Oc2ccc(C(=O)Nc3ccc(C)cc3C)cc2)cc1. The number of ether oxygens (including phenoxy) is 1. The quantitative estimate of drug-likeness (QED) is 0.590. The van der Waals surface area contributed by atoms with Gasteiger partial charge < -0.3 is 15.4 Å². The van der Waals surface area contributed by atoms with Crippen LogP contribution in [-0.4, -0.2) is 17.9 Å². The number of hydrogen-bond donors (Lipinski definition) is 2. The molecule has 1 atom stereocenters. The van der Waals surface area contributed by atoms with Crippen molar-refractivity contribution in [1.82, 2.24) is 0 Å². The van der Waals surface area contributed by atoms with E-state index < -0.39 is 6.10 Å². The molecule has 5 nitrogen and oxygen atoms in total. The topological polar surface area (TPSA) is 67.4 Å². The molecule has 154 valence electrons. The molecular formula is C25H26N2O3. The van der Waals surface area contributed by atoms with Crippen LogP contribution in [-0.2, 0) is 4.79 Å². The van der Waals surface area contributed by atoms with Gasteiger partial charge >= 0.3 is 0 Å². The molecule has 3 aromatic carbocycles. The molecule has 5 heteroatoms. The molecule has 2 N–H and O–H groups in total. The number of amides is 2. The van der Waals surface area contributed by atoms with Gasteiger partial charge in [0.1, 0.15) is 5.75 Å². The smallest absolute Gasteiger partial charge is 0.265 e. The van der Waals surface area contributed by atoms with Crippen LogP contribution in [0.2, 0.25) is 0 Å². The summed E-state index contributed by atoms with van der Waals surface area (Å²) >= 11 is 0. The van der Waals surface area contributed by atoms with Crippen LogP contribution in [0, 0.1) is 20.8 Å². The third kappa shape index (κ3) is 5.47. The van der Waals surface area contributed by atoms with Crippen LogP contribution in [0.3, 0.4) is 0 Å². The number of carbonyl (C=O) groups excluding carboxylic acids is 2. The van der Waals surface area contributed by atoms with Gasteiger partial charge in [0.2, 0.25) is 0 Å². The number of nitrogens with one attached hydrogen (secondary N) is 2. The lowest BCUT2D eigenvalue weighted by molar-refractivity contribution is -0.122. The van der Waals surface area contributed by atoms with Crippen molar-refractivity contribution in [3.63, 3.8) is 0 Å². The number of carbonyl (C=O) groups is 2. The normalized spacial score (nSPS) is 11.5. The van der Waals surface area contributed by atoms with E-state index in [4.69, 9.17) is 4.74 Å². The van der Waals surface area contributed by atoms with Gasteiger partial charge in [0.15, 0.2) is 6.10 Å². The molecular weight excluding hydrogens is 376 g/mol. The van der Waals surface area contributed by atoms with Crippen LogP contribution in [0.15, 0.2) is 66.7 Å². The molecule has 0 saturated carbocycles. The van der Waals surface area contributed by atoms with Crippen molar-refractivity contribution in [1.29, 1.82) is 0 Å². The van der Waals surface area contributed by atoms with Crippen molar-refractivity contribution in [2.75, 3.05) is 10.6 Å². The monoisotopic (exact) mass is 402 g/mol. The average Bonchev–Trinajstić information content (AvgIpc) is 2.72. The lowest BCUT2D eigenvalue weighted by Gasteiger charge is -2.15. The highest BCUT2D eigenvalue weighted by Gasteiger charge is 2.15. The molecule has 0 aromatic heterocycles. The standard InChI is InChI=1S/C25H26N2O3/c1-16-5-10-21(11-6-16)26-24(28)19(4)30-22-12-8-20(9-13-22)25(29)27-23-14-7-17(2)15-18(23)3/h5-15,19H,1-4H3,(H,26,28)(H,27,29)/t19-/m1/s1. The Hall–Kier alpha value is -3.60. The van der Waals surface area contributed by atoms with Crippen molar-refractivity contribution in [2.45, 2.75) is 33.8 Å². The molecule has 3 aromatic rings. The summed E-state index contributed by atoms with van der Waals surface area (Å²) in [7, 11) is 0. The van der Waals surface area contributed by atoms with Crippen LogP contribution >= 0.6 is 0 Å². The fraction of sp³-hybridized carbons (Fsp3) is 0.200. The summed E-state index contributed by atoms with van der Waals surface area (Å²) in [6.07, 6.45) is -0.679. The van der Waals surface area contributed by atoms with Crippen molar-refractivity contribution in [3.8, 4) is 5.75 Å². The van der Waals surface area contributed by atoms with Gasteiger partial charge in [-0.2, -0.15) is 0 Å². The van der Waals surface area contributed by atoms with E-state index in [0.29, 0.717) is 11.3 Å². The Labute approximate surface area is 177 Å². The van der Waals surface area contributed by atoms with Crippen molar-refractivity contribution in [3.05, 3.63) is 89.0 Å². The highest BCUT2D eigenvalue weighted by atomic mass is 16.5. The Morgan fingerprint density at radius 1 is 0.800 bits per heavy atom. The zero-order valence-electron chi connectivity index (χ0n) is 17.7. The van der Waals surface area contributed by atoms with Crippen molar-refractivity contribution < 1.29 is 14.3 Å². The van der Waals surface area contributed by atoms with Gasteiger partial charge in [0, 0.05) is 16.9 Å². The predicted octanol–water partition coefficient (Wildman–Crippen LogP) is 5.27. The summed E-state index contributed by atoms with van der Waals surface area (Å²) in [5.41, 5.74) is 5.30. The molecule has 0 bridgehead atoms. The average molecular weight is 402 g/mol. The number of hydrogen-bond acceptors (Lipinski definition) is 3. The molecule has 0 saturated heterocycles. The van der Waals surface area contributed by atoms with Gasteiger partial charge in [0.05, 0.1) is 0 Å². The molecule has 0 unspecified atom stereocenters. The fourth-order valence-electron chi connectivity index (χ4n) is 2.97. The first-order chi connectivity index (χ1) is 14.3. The minimum absolute atomic E-state index is 0.196. The van der Waals surface area contributed by atoms with Gasteiger partial charge in [-0.25, -0.2) is 0 Å². The number of aryl methyl sites for hydroxylation is 3. The highest BCUT2D eigenvalue weighted by molar-refractivity contribution is 6.04. The zero-order chi connectivity index (χ0) is 21.7. The van der Waals surface area contributed by atoms with Crippen LogP contribution in [0.5, 0.6) is 5.75 Å². The second-order valence-electron chi connectivity index (χ2n) is 7.41. The van der Waals surface area contributed by atoms with E-state index in [-0.39, 0.29) is 11.8 Å². The van der Waals surface area contributed by atoms with Crippen LogP contribution in [0.1, 0.15) is 34.0 Å². The minimum Gasteiger partial charge on any atom is -0.481 e. The first-order valence-corrected chi connectivity index (χ1v) is 9.84.